The van der Waals surface area contributed by atoms with Gasteiger partial charge < -0.3 is 15.1 Å². The number of carbonyl (C=O) groups is 3. The summed E-state index contributed by atoms with van der Waals surface area (Å²) in [6.07, 6.45) is 7.45. The van der Waals surface area contributed by atoms with Crippen molar-refractivity contribution in [3.05, 3.63) is 71.8 Å². The van der Waals surface area contributed by atoms with Crippen LogP contribution in [-0.4, -0.2) is 81.5 Å². The molecule has 2 aliphatic rings. The summed E-state index contributed by atoms with van der Waals surface area (Å²) in [6.45, 7) is 2.55. The molecule has 0 aliphatic carbocycles. The van der Waals surface area contributed by atoms with Crippen LogP contribution in [0.4, 0.5) is 4.79 Å². The highest BCUT2D eigenvalue weighted by Crippen LogP contribution is 2.33. The number of terminal acetylenes is 1. The molecule has 37 heavy (non-hydrogen) atoms. The summed E-state index contributed by atoms with van der Waals surface area (Å²) in [7, 11) is 0. The standard InChI is InChI=1S/C28H33N5O3S/c1-4-16-30-20-26(34)32-24(15-17-37-3)27(35)31(21(2)23-13-9-6-10-14-23)19-25(32)33(30)28(36)29-18-22-11-7-5-8-12-22/h1,5-14,21,24-25H,15-20H2,2-3H3,(H,29,36)/t21-,24+,25+/m1/s1. The molecular formula is C28H33N5O3S. The monoisotopic (exact) mass is 519 g/mol. The molecule has 2 aromatic carbocycles. The number of urea groups is 1. The van der Waals surface area contributed by atoms with Crippen LogP contribution in [0, 0.1) is 12.3 Å². The number of fused-ring (bicyclic) bond motifs is 1. The van der Waals surface area contributed by atoms with Crippen molar-refractivity contribution >= 4 is 29.6 Å². The molecule has 194 valence electrons. The molecule has 0 bridgehead atoms. The number of nitrogens with one attached hydrogen (secondary N) is 1. The summed E-state index contributed by atoms with van der Waals surface area (Å²) in [5.41, 5.74) is 1.95. The third-order valence-electron chi connectivity index (χ3n) is 6.89. The Bertz CT molecular complexity index is 1140. The first-order valence-corrected chi connectivity index (χ1v) is 13.8. The Kier molecular flexibility index (Phi) is 8.74. The summed E-state index contributed by atoms with van der Waals surface area (Å²) in [4.78, 5) is 44.2. The molecule has 0 spiro atoms. The van der Waals surface area contributed by atoms with Gasteiger partial charge in [0.2, 0.25) is 11.8 Å². The number of hydrogen-bond acceptors (Lipinski definition) is 5. The van der Waals surface area contributed by atoms with E-state index in [-0.39, 0.29) is 43.5 Å². The Morgan fingerprint density at radius 1 is 1.14 bits per heavy atom. The highest BCUT2D eigenvalue weighted by molar-refractivity contribution is 7.98. The van der Waals surface area contributed by atoms with Crippen molar-refractivity contribution in [2.24, 2.45) is 0 Å². The van der Waals surface area contributed by atoms with Crippen LogP contribution in [0.3, 0.4) is 0 Å². The summed E-state index contributed by atoms with van der Waals surface area (Å²) in [5.74, 6) is 3.00. The van der Waals surface area contributed by atoms with Gasteiger partial charge in [0.25, 0.3) is 0 Å². The van der Waals surface area contributed by atoms with Crippen molar-refractivity contribution in [2.75, 3.05) is 31.6 Å². The van der Waals surface area contributed by atoms with E-state index < -0.39 is 12.2 Å². The molecule has 9 heteroatoms. The van der Waals surface area contributed by atoms with Crippen molar-refractivity contribution < 1.29 is 14.4 Å². The average molecular weight is 520 g/mol. The third-order valence-corrected chi connectivity index (χ3v) is 7.54. The summed E-state index contributed by atoms with van der Waals surface area (Å²) in [6, 6.07) is 18.2. The first-order valence-electron chi connectivity index (χ1n) is 12.4. The van der Waals surface area contributed by atoms with Crippen LogP contribution < -0.4 is 5.32 Å². The quantitative estimate of drug-likeness (QED) is 0.543. The zero-order valence-electron chi connectivity index (χ0n) is 21.2. The molecule has 4 amide bonds. The number of benzene rings is 2. The molecule has 2 aliphatic heterocycles. The molecule has 2 fully saturated rings. The predicted molar refractivity (Wildman–Crippen MR) is 145 cm³/mol. The smallest absolute Gasteiger partial charge is 0.333 e. The minimum absolute atomic E-state index is 0.0588. The summed E-state index contributed by atoms with van der Waals surface area (Å²) < 4.78 is 0. The lowest BCUT2D eigenvalue weighted by Gasteiger charge is -2.55. The van der Waals surface area contributed by atoms with E-state index in [1.165, 1.54) is 0 Å². The Morgan fingerprint density at radius 3 is 2.46 bits per heavy atom. The highest BCUT2D eigenvalue weighted by Gasteiger charge is 2.51. The van der Waals surface area contributed by atoms with Crippen LogP contribution >= 0.6 is 11.8 Å². The van der Waals surface area contributed by atoms with Crippen LogP contribution in [0.2, 0.25) is 0 Å². The minimum Gasteiger partial charge on any atom is -0.333 e. The molecule has 0 radical (unpaired) electrons. The third kappa shape index (κ3) is 5.76. The van der Waals surface area contributed by atoms with Gasteiger partial charge >= 0.3 is 6.03 Å². The number of amides is 4. The molecule has 3 atom stereocenters. The molecule has 0 aromatic heterocycles. The number of hydrazine groups is 1. The van der Waals surface area contributed by atoms with Crippen molar-refractivity contribution in [2.45, 2.75) is 38.1 Å². The van der Waals surface area contributed by atoms with Crippen LogP contribution in [0.25, 0.3) is 0 Å². The second-order valence-electron chi connectivity index (χ2n) is 9.17. The number of thioether (sulfide) groups is 1. The zero-order chi connectivity index (χ0) is 26.4. The van der Waals surface area contributed by atoms with Crippen molar-refractivity contribution in [3.63, 3.8) is 0 Å². The van der Waals surface area contributed by atoms with Crippen LogP contribution in [0.1, 0.15) is 30.5 Å². The lowest BCUT2D eigenvalue weighted by atomic mass is 9.99. The van der Waals surface area contributed by atoms with E-state index in [1.54, 1.807) is 31.6 Å². The van der Waals surface area contributed by atoms with Gasteiger partial charge in [-0.1, -0.05) is 66.6 Å². The van der Waals surface area contributed by atoms with Gasteiger partial charge in [0, 0.05) is 6.54 Å². The molecule has 0 unspecified atom stereocenters. The Labute approximate surface area is 222 Å². The van der Waals surface area contributed by atoms with Gasteiger partial charge in [-0.3, -0.25) is 9.59 Å². The first-order chi connectivity index (χ1) is 18.0. The Balaban J connectivity index is 1.68. The van der Waals surface area contributed by atoms with Gasteiger partial charge in [-0.2, -0.15) is 16.8 Å². The summed E-state index contributed by atoms with van der Waals surface area (Å²) >= 11 is 1.63. The van der Waals surface area contributed by atoms with E-state index in [4.69, 9.17) is 6.42 Å². The van der Waals surface area contributed by atoms with Gasteiger partial charge in [-0.25, -0.2) is 9.80 Å². The molecule has 2 heterocycles. The molecule has 4 rings (SSSR count). The van der Waals surface area contributed by atoms with E-state index in [1.807, 2.05) is 73.8 Å². The normalized spacial score (nSPS) is 20.8. The molecule has 8 nitrogen and oxygen atoms in total. The molecular weight excluding hydrogens is 486 g/mol. The Hall–Kier alpha value is -3.48. The van der Waals surface area contributed by atoms with Gasteiger partial charge in [-0.05, 0) is 36.5 Å². The fourth-order valence-corrected chi connectivity index (χ4v) is 5.48. The fourth-order valence-electron chi connectivity index (χ4n) is 5.02. The number of nitrogens with zero attached hydrogens (tertiary/aromatic N) is 4. The lowest BCUT2D eigenvalue weighted by Crippen LogP contribution is -2.76. The molecule has 2 aromatic rings. The molecule has 2 saturated heterocycles. The fraction of sp³-hybridized carbons (Fsp3) is 0.393. The number of piperazine rings is 1. The predicted octanol–water partition coefficient (Wildman–Crippen LogP) is 2.94. The van der Waals surface area contributed by atoms with Gasteiger partial charge in [0.15, 0.2) is 0 Å². The average Bonchev–Trinajstić information content (AvgIpc) is 2.92. The van der Waals surface area contributed by atoms with E-state index in [0.29, 0.717) is 13.0 Å². The second kappa shape index (κ2) is 12.2. The van der Waals surface area contributed by atoms with Gasteiger partial charge in [0.05, 0.1) is 25.7 Å². The minimum atomic E-state index is -0.666. The van der Waals surface area contributed by atoms with Crippen molar-refractivity contribution in [3.8, 4) is 12.3 Å². The maximum absolute atomic E-state index is 13.8. The number of carbonyl (C=O) groups excluding carboxylic acids is 3. The highest BCUT2D eigenvalue weighted by atomic mass is 32.2. The van der Waals surface area contributed by atoms with E-state index in [9.17, 15) is 14.4 Å². The molecule has 0 saturated carbocycles. The summed E-state index contributed by atoms with van der Waals surface area (Å²) in [5, 5.41) is 6.14. The van der Waals surface area contributed by atoms with Crippen molar-refractivity contribution in [1.82, 2.24) is 25.1 Å². The number of rotatable bonds is 8. The number of hydrogen-bond donors (Lipinski definition) is 1. The van der Waals surface area contributed by atoms with Crippen LogP contribution in [0.5, 0.6) is 0 Å². The Morgan fingerprint density at radius 2 is 1.81 bits per heavy atom. The SMILES string of the molecule is C#CCN1CC(=O)N2[C@@H](CCSC)C(=O)N([C@H](C)c3ccccc3)C[C@@H]2N1C(=O)NCc1ccccc1. The largest absolute Gasteiger partial charge is 0.334 e. The maximum Gasteiger partial charge on any atom is 0.334 e. The molecule has 1 N–H and O–H groups in total. The maximum atomic E-state index is 13.8. The van der Waals surface area contributed by atoms with Gasteiger partial charge in [0.1, 0.15) is 12.2 Å². The van der Waals surface area contributed by atoms with E-state index >= 15 is 0 Å². The lowest BCUT2D eigenvalue weighted by molar-refractivity contribution is -0.191. The van der Waals surface area contributed by atoms with Gasteiger partial charge in [-0.15, -0.1) is 6.42 Å². The topological polar surface area (TPSA) is 76.2 Å². The second-order valence-corrected chi connectivity index (χ2v) is 10.2. The first kappa shape index (κ1) is 26.6. The van der Waals surface area contributed by atoms with E-state index in [2.05, 4.69) is 11.2 Å². The van der Waals surface area contributed by atoms with Crippen molar-refractivity contribution in [1.29, 1.82) is 0 Å². The van der Waals surface area contributed by atoms with Crippen LogP contribution in [-0.2, 0) is 16.1 Å². The zero-order valence-corrected chi connectivity index (χ0v) is 22.1. The van der Waals surface area contributed by atoms with E-state index in [0.717, 1.165) is 16.9 Å². The van der Waals surface area contributed by atoms with Crippen LogP contribution in [0.15, 0.2) is 60.7 Å².